The van der Waals surface area contributed by atoms with Crippen LogP contribution < -0.4 is 5.32 Å². The van der Waals surface area contributed by atoms with E-state index < -0.39 is 29.6 Å². The summed E-state index contributed by atoms with van der Waals surface area (Å²) >= 11 is 0. The summed E-state index contributed by atoms with van der Waals surface area (Å²) in [6.45, 7) is 5.16. The highest BCUT2D eigenvalue weighted by Gasteiger charge is 2.29. The second-order valence-corrected chi connectivity index (χ2v) is 6.57. The number of amides is 2. The first-order valence-corrected chi connectivity index (χ1v) is 8.13. The van der Waals surface area contributed by atoms with Crippen molar-refractivity contribution in [1.29, 1.82) is 0 Å². The van der Waals surface area contributed by atoms with Gasteiger partial charge in [-0.15, -0.1) is 0 Å². The molecule has 1 atom stereocenters. The van der Waals surface area contributed by atoms with Crippen LogP contribution in [0.1, 0.15) is 32.8 Å². The molecule has 0 saturated heterocycles. The molecule has 0 aliphatic carbocycles. The molecular weight excluding hydrogens is 340 g/mol. The average molecular weight is 366 g/mol. The lowest BCUT2D eigenvalue weighted by atomic mass is 10.2. The molecular formula is C18H26N2O6. The van der Waals surface area contributed by atoms with Gasteiger partial charge in [0.2, 0.25) is 0 Å². The lowest BCUT2D eigenvalue weighted by Gasteiger charge is -2.25. The number of ether oxygens (including phenoxy) is 2. The molecule has 1 unspecified atom stereocenters. The van der Waals surface area contributed by atoms with Crippen LogP contribution in [-0.2, 0) is 30.5 Å². The third-order valence-electron chi connectivity index (χ3n) is 3.19. The van der Waals surface area contributed by atoms with Gasteiger partial charge in [-0.05, 0) is 26.3 Å². The van der Waals surface area contributed by atoms with Crippen LogP contribution in [0.5, 0.6) is 0 Å². The van der Waals surface area contributed by atoms with Gasteiger partial charge in [0.1, 0.15) is 18.2 Å². The number of rotatable bonds is 7. The minimum atomic E-state index is -1.17. The molecule has 8 heteroatoms. The smallest absolute Gasteiger partial charge is 0.408 e. The maximum atomic E-state index is 12.3. The third kappa shape index (κ3) is 7.98. The Hall–Kier alpha value is -2.61. The molecule has 2 amide bonds. The Morgan fingerprint density at radius 2 is 1.77 bits per heavy atom. The minimum Gasteiger partial charge on any atom is -0.461 e. The second-order valence-electron chi connectivity index (χ2n) is 6.57. The molecule has 0 saturated carbocycles. The van der Waals surface area contributed by atoms with Crippen molar-refractivity contribution in [1.82, 2.24) is 10.4 Å². The predicted octanol–water partition coefficient (Wildman–Crippen LogP) is 2.03. The molecule has 144 valence electrons. The van der Waals surface area contributed by atoms with Crippen LogP contribution in [0.25, 0.3) is 0 Å². The van der Waals surface area contributed by atoms with Crippen molar-refractivity contribution in [2.75, 3.05) is 14.2 Å². The van der Waals surface area contributed by atoms with E-state index >= 15 is 0 Å². The van der Waals surface area contributed by atoms with E-state index in [0.717, 1.165) is 10.6 Å². The number of hydrogen-bond acceptors (Lipinski definition) is 6. The van der Waals surface area contributed by atoms with E-state index in [1.165, 1.54) is 14.2 Å². The average Bonchev–Trinajstić information content (AvgIpc) is 2.57. The van der Waals surface area contributed by atoms with E-state index in [4.69, 9.17) is 14.3 Å². The van der Waals surface area contributed by atoms with Crippen LogP contribution in [-0.4, -0.2) is 48.8 Å². The van der Waals surface area contributed by atoms with Crippen LogP contribution >= 0.6 is 0 Å². The zero-order valence-electron chi connectivity index (χ0n) is 15.8. The SMILES string of the molecule is CON(C)C(=O)C(CC(=O)OCc1ccccc1)NC(=O)OC(C)(C)C. The normalized spacial score (nSPS) is 12.0. The van der Waals surface area contributed by atoms with Gasteiger partial charge < -0.3 is 14.8 Å². The van der Waals surface area contributed by atoms with Crippen molar-refractivity contribution in [3.05, 3.63) is 35.9 Å². The number of alkyl carbamates (subject to hydrolysis) is 1. The highest BCUT2D eigenvalue weighted by atomic mass is 16.7. The number of carbonyl (C=O) groups excluding carboxylic acids is 3. The van der Waals surface area contributed by atoms with Gasteiger partial charge in [0.25, 0.3) is 5.91 Å². The topological polar surface area (TPSA) is 94.2 Å². The number of esters is 1. The van der Waals surface area contributed by atoms with Crippen molar-refractivity contribution >= 4 is 18.0 Å². The quantitative estimate of drug-likeness (QED) is 0.586. The van der Waals surface area contributed by atoms with Crippen molar-refractivity contribution in [2.24, 2.45) is 0 Å². The Morgan fingerprint density at radius 3 is 2.31 bits per heavy atom. The molecule has 8 nitrogen and oxygen atoms in total. The molecule has 0 bridgehead atoms. The van der Waals surface area contributed by atoms with E-state index in [0.29, 0.717) is 0 Å². The lowest BCUT2D eigenvalue weighted by molar-refractivity contribution is -0.172. The number of hydrogen-bond donors (Lipinski definition) is 1. The molecule has 1 aromatic carbocycles. The highest BCUT2D eigenvalue weighted by Crippen LogP contribution is 2.09. The summed E-state index contributed by atoms with van der Waals surface area (Å²) in [5, 5.41) is 3.31. The molecule has 1 aromatic rings. The number of nitrogens with zero attached hydrogens (tertiary/aromatic N) is 1. The number of hydroxylamine groups is 2. The van der Waals surface area contributed by atoms with E-state index in [9.17, 15) is 14.4 Å². The lowest BCUT2D eigenvalue weighted by Crippen LogP contribution is -2.49. The Labute approximate surface area is 153 Å². The Balaban J connectivity index is 2.70. The van der Waals surface area contributed by atoms with Gasteiger partial charge >= 0.3 is 12.1 Å². The van der Waals surface area contributed by atoms with Crippen molar-refractivity contribution in [3.63, 3.8) is 0 Å². The molecule has 1 N–H and O–H groups in total. The summed E-state index contributed by atoms with van der Waals surface area (Å²) in [6, 6.07) is 7.96. The van der Waals surface area contributed by atoms with E-state index in [2.05, 4.69) is 5.32 Å². The van der Waals surface area contributed by atoms with Gasteiger partial charge in [0.15, 0.2) is 0 Å². The molecule has 0 fully saturated rings. The summed E-state index contributed by atoms with van der Waals surface area (Å²) in [6.07, 6.45) is -1.16. The summed E-state index contributed by atoms with van der Waals surface area (Å²) in [5.74, 6) is -1.23. The molecule has 0 aliphatic rings. The first-order valence-electron chi connectivity index (χ1n) is 8.13. The van der Waals surface area contributed by atoms with E-state index in [1.807, 2.05) is 30.3 Å². The molecule has 0 radical (unpaired) electrons. The molecule has 26 heavy (non-hydrogen) atoms. The van der Waals surface area contributed by atoms with Crippen molar-refractivity contribution in [2.45, 2.75) is 45.4 Å². The molecule has 0 spiro atoms. The molecule has 0 heterocycles. The standard InChI is InChI=1S/C18H26N2O6/c1-18(2,3)26-17(23)19-14(16(22)20(4)24-5)11-15(21)25-12-13-9-7-6-8-10-13/h6-10,14H,11-12H2,1-5H3,(H,19,23). The fourth-order valence-electron chi connectivity index (χ4n) is 1.92. The van der Waals surface area contributed by atoms with Gasteiger partial charge in [0.05, 0.1) is 13.5 Å². The van der Waals surface area contributed by atoms with Crippen LogP contribution in [0.2, 0.25) is 0 Å². The largest absolute Gasteiger partial charge is 0.461 e. The Kier molecular flexibility index (Phi) is 8.05. The highest BCUT2D eigenvalue weighted by molar-refractivity contribution is 5.89. The number of carbonyl (C=O) groups is 3. The van der Waals surface area contributed by atoms with Gasteiger partial charge in [-0.1, -0.05) is 30.3 Å². The van der Waals surface area contributed by atoms with Crippen LogP contribution in [0.3, 0.4) is 0 Å². The first-order chi connectivity index (χ1) is 12.1. The summed E-state index contributed by atoms with van der Waals surface area (Å²) in [4.78, 5) is 41.2. The van der Waals surface area contributed by atoms with Gasteiger partial charge in [-0.2, -0.15) is 0 Å². The summed E-state index contributed by atoms with van der Waals surface area (Å²) in [7, 11) is 2.68. The second kappa shape index (κ2) is 9.76. The molecule has 0 aromatic heterocycles. The zero-order valence-corrected chi connectivity index (χ0v) is 15.8. The zero-order chi connectivity index (χ0) is 19.7. The fraction of sp³-hybridized carbons (Fsp3) is 0.500. The van der Waals surface area contributed by atoms with Crippen molar-refractivity contribution < 1.29 is 28.7 Å². The van der Waals surface area contributed by atoms with Gasteiger partial charge in [0, 0.05) is 7.05 Å². The molecule has 1 rings (SSSR count). The van der Waals surface area contributed by atoms with Crippen molar-refractivity contribution in [3.8, 4) is 0 Å². The monoisotopic (exact) mass is 366 g/mol. The number of benzene rings is 1. The third-order valence-corrected chi connectivity index (χ3v) is 3.19. The number of likely N-dealkylation sites (N-methyl/N-ethyl adjacent to an activating group) is 1. The maximum absolute atomic E-state index is 12.3. The van der Waals surface area contributed by atoms with Gasteiger partial charge in [-0.25, -0.2) is 9.86 Å². The van der Waals surface area contributed by atoms with Crippen LogP contribution in [0.15, 0.2) is 30.3 Å². The summed E-state index contributed by atoms with van der Waals surface area (Å²) in [5.41, 5.74) is 0.0800. The fourth-order valence-corrected chi connectivity index (χ4v) is 1.92. The maximum Gasteiger partial charge on any atom is 0.408 e. The first kappa shape index (κ1) is 21.4. The Morgan fingerprint density at radius 1 is 1.15 bits per heavy atom. The Bertz CT molecular complexity index is 612. The minimum absolute atomic E-state index is 0.0765. The van der Waals surface area contributed by atoms with Gasteiger partial charge in [-0.3, -0.25) is 14.4 Å². The van der Waals surface area contributed by atoms with E-state index in [1.54, 1.807) is 20.8 Å². The van der Waals surface area contributed by atoms with Crippen LogP contribution in [0, 0.1) is 0 Å². The molecule has 0 aliphatic heterocycles. The summed E-state index contributed by atoms with van der Waals surface area (Å²) < 4.78 is 10.3. The predicted molar refractivity (Wildman–Crippen MR) is 93.8 cm³/mol. The van der Waals surface area contributed by atoms with Crippen LogP contribution in [0.4, 0.5) is 4.79 Å². The van der Waals surface area contributed by atoms with E-state index in [-0.39, 0.29) is 13.0 Å². The number of nitrogens with one attached hydrogen (secondary N) is 1.